The highest BCUT2D eigenvalue weighted by Gasteiger charge is 2.37. The summed E-state index contributed by atoms with van der Waals surface area (Å²) in [5.74, 6) is 0.501. The van der Waals surface area contributed by atoms with Crippen molar-refractivity contribution in [2.75, 3.05) is 25.0 Å². The number of hydrogen-bond donors (Lipinski definition) is 1. The molecule has 3 fully saturated rings. The van der Waals surface area contributed by atoms with Crippen LogP contribution in [0.25, 0.3) is 0 Å². The Kier molecular flexibility index (Phi) is 4.28. The lowest BCUT2D eigenvalue weighted by Gasteiger charge is -2.36. The zero-order valence-electron chi connectivity index (χ0n) is 14.1. The molecule has 0 radical (unpaired) electrons. The first-order chi connectivity index (χ1) is 10.9. The molecule has 124 valence electrons. The summed E-state index contributed by atoms with van der Waals surface area (Å²) in [5.41, 5.74) is 3.22. The molecule has 5 heteroatoms. The first-order valence-electron chi connectivity index (χ1n) is 8.34. The van der Waals surface area contributed by atoms with Crippen LogP contribution in [-0.4, -0.2) is 47.4 Å². The Morgan fingerprint density at radius 2 is 1.87 bits per heavy atom. The van der Waals surface area contributed by atoms with Crippen LogP contribution in [0.15, 0.2) is 18.2 Å². The maximum absolute atomic E-state index is 12.7. The predicted octanol–water partition coefficient (Wildman–Crippen LogP) is 2.78. The predicted molar refractivity (Wildman–Crippen MR) is 90.4 cm³/mol. The molecule has 4 rings (SSSR count). The number of nitrogens with zero attached hydrogens (tertiary/aromatic N) is 2. The highest BCUT2D eigenvalue weighted by molar-refractivity contribution is 5.90. The van der Waals surface area contributed by atoms with E-state index in [-0.39, 0.29) is 18.0 Å². The highest BCUT2D eigenvalue weighted by atomic mass is 16.2. The van der Waals surface area contributed by atoms with Gasteiger partial charge in [0.1, 0.15) is 0 Å². The molecule has 0 spiro atoms. The molecule has 3 amide bonds. The number of benzene rings is 1. The average Bonchev–Trinajstić information content (AvgIpc) is 2.83. The third-order valence-electron chi connectivity index (χ3n) is 5.18. The lowest BCUT2D eigenvalue weighted by atomic mass is 9.95. The van der Waals surface area contributed by atoms with Crippen molar-refractivity contribution in [1.82, 2.24) is 9.80 Å². The van der Waals surface area contributed by atoms with Crippen molar-refractivity contribution in [1.29, 1.82) is 0 Å². The van der Waals surface area contributed by atoms with E-state index < -0.39 is 0 Å². The van der Waals surface area contributed by atoms with Gasteiger partial charge in [-0.2, -0.15) is 0 Å². The molecule has 1 aromatic carbocycles. The summed E-state index contributed by atoms with van der Waals surface area (Å²) in [6.45, 7) is 7.90. The van der Waals surface area contributed by atoms with Crippen LogP contribution in [0.3, 0.4) is 0 Å². The van der Waals surface area contributed by atoms with Crippen molar-refractivity contribution in [2.45, 2.75) is 39.7 Å². The van der Waals surface area contributed by atoms with Crippen LogP contribution in [0.2, 0.25) is 0 Å². The summed E-state index contributed by atoms with van der Waals surface area (Å²) < 4.78 is 0. The minimum atomic E-state index is -0.0478. The Morgan fingerprint density at radius 1 is 1.09 bits per heavy atom. The third-order valence-corrected chi connectivity index (χ3v) is 5.18. The lowest BCUT2D eigenvalue weighted by Crippen LogP contribution is -2.49. The number of rotatable bonds is 1. The molecule has 0 saturated carbocycles. The fourth-order valence-corrected chi connectivity index (χ4v) is 3.60. The minimum absolute atomic E-state index is 0.0478. The van der Waals surface area contributed by atoms with Gasteiger partial charge in [-0.1, -0.05) is 6.07 Å². The second-order valence-corrected chi connectivity index (χ2v) is 6.90. The standard InChI is InChI=1S/C18H25N3O2/c1-12-4-6-16(8-13(12)2)19-18(23)21-10-15-5-7-17(21)11-20(9-15)14(3)22/h4,6,8,15,17H,5,7,9-11H2,1-3H3,(H,19,23)/t15-,17+/m0/s1. The van der Waals surface area contributed by atoms with Gasteiger partial charge in [0.25, 0.3) is 0 Å². The van der Waals surface area contributed by atoms with Crippen LogP contribution >= 0.6 is 0 Å². The Labute approximate surface area is 137 Å². The van der Waals surface area contributed by atoms with E-state index in [0.717, 1.165) is 31.6 Å². The third kappa shape index (κ3) is 3.33. The number of nitrogens with one attached hydrogen (secondary N) is 1. The lowest BCUT2D eigenvalue weighted by molar-refractivity contribution is -0.129. The summed E-state index contributed by atoms with van der Waals surface area (Å²) in [7, 11) is 0. The van der Waals surface area contributed by atoms with Crippen molar-refractivity contribution in [3.05, 3.63) is 29.3 Å². The van der Waals surface area contributed by atoms with Gasteiger partial charge in [-0.25, -0.2) is 4.79 Å². The molecule has 23 heavy (non-hydrogen) atoms. The molecule has 3 heterocycles. The van der Waals surface area contributed by atoms with E-state index in [4.69, 9.17) is 0 Å². The molecule has 2 bridgehead atoms. The van der Waals surface area contributed by atoms with Crippen molar-refractivity contribution in [3.63, 3.8) is 0 Å². The topological polar surface area (TPSA) is 52.7 Å². The van der Waals surface area contributed by atoms with Gasteiger partial charge in [-0.3, -0.25) is 4.79 Å². The zero-order chi connectivity index (χ0) is 16.6. The zero-order valence-corrected chi connectivity index (χ0v) is 14.1. The summed E-state index contributed by atoms with van der Waals surface area (Å²) >= 11 is 0. The summed E-state index contributed by atoms with van der Waals surface area (Å²) in [4.78, 5) is 28.2. The Hall–Kier alpha value is -2.04. The number of piperidine rings is 1. The second-order valence-electron chi connectivity index (χ2n) is 6.90. The van der Waals surface area contributed by atoms with Crippen molar-refractivity contribution < 1.29 is 9.59 Å². The average molecular weight is 315 g/mol. The van der Waals surface area contributed by atoms with E-state index in [1.165, 1.54) is 11.1 Å². The second kappa shape index (κ2) is 6.22. The van der Waals surface area contributed by atoms with Crippen molar-refractivity contribution in [2.24, 2.45) is 5.92 Å². The van der Waals surface area contributed by atoms with Gasteiger partial charge in [0.05, 0.1) is 6.04 Å². The van der Waals surface area contributed by atoms with Crippen LogP contribution in [0, 0.1) is 19.8 Å². The SMILES string of the molecule is CC(=O)N1C[C@@H]2CC[C@H](C1)N(C(=O)Nc1ccc(C)c(C)c1)C2. The number of carbonyl (C=O) groups excluding carboxylic acids is 2. The Bertz CT molecular complexity index is 629. The van der Waals surface area contributed by atoms with Crippen LogP contribution in [0.1, 0.15) is 30.9 Å². The molecular weight excluding hydrogens is 290 g/mol. The monoisotopic (exact) mass is 315 g/mol. The van der Waals surface area contributed by atoms with E-state index >= 15 is 0 Å². The quantitative estimate of drug-likeness (QED) is 0.866. The smallest absolute Gasteiger partial charge is 0.322 e. The van der Waals surface area contributed by atoms with Crippen LogP contribution < -0.4 is 5.32 Å². The summed E-state index contributed by atoms with van der Waals surface area (Å²) in [5, 5.41) is 3.02. The fourth-order valence-electron chi connectivity index (χ4n) is 3.60. The number of amides is 3. The molecule has 1 N–H and O–H groups in total. The molecule has 2 atom stereocenters. The normalized spacial score (nSPS) is 23.6. The number of carbonyl (C=O) groups is 2. The van der Waals surface area contributed by atoms with Gasteiger partial charge in [0, 0.05) is 32.2 Å². The van der Waals surface area contributed by atoms with E-state index in [2.05, 4.69) is 12.2 Å². The number of hydrogen-bond acceptors (Lipinski definition) is 2. The van der Waals surface area contributed by atoms with Gasteiger partial charge in [0.15, 0.2) is 0 Å². The molecule has 0 unspecified atom stereocenters. The molecule has 0 aromatic heterocycles. The summed E-state index contributed by atoms with van der Waals surface area (Å²) in [6, 6.07) is 6.05. The number of aryl methyl sites for hydroxylation is 2. The molecule has 3 aliphatic rings. The van der Waals surface area contributed by atoms with E-state index in [9.17, 15) is 9.59 Å². The van der Waals surface area contributed by atoms with Crippen molar-refractivity contribution >= 4 is 17.6 Å². The van der Waals surface area contributed by atoms with Gasteiger partial charge < -0.3 is 15.1 Å². The first-order valence-corrected chi connectivity index (χ1v) is 8.34. The molecule has 5 nitrogen and oxygen atoms in total. The van der Waals surface area contributed by atoms with Gasteiger partial charge in [0.2, 0.25) is 5.91 Å². The van der Waals surface area contributed by atoms with E-state index in [1.807, 2.05) is 34.9 Å². The van der Waals surface area contributed by atoms with E-state index in [0.29, 0.717) is 12.5 Å². The molecule has 1 aromatic rings. The number of fused-ring (bicyclic) bond motifs is 4. The number of urea groups is 1. The minimum Gasteiger partial charge on any atom is -0.341 e. The van der Waals surface area contributed by atoms with Gasteiger partial charge >= 0.3 is 6.03 Å². The molecule has 0 aliphatic carbocycles. The largest absolute Gasteiger partial charge is 0.341 e. The van der Waals surface area contributed by atoms with Crippen molar-refractivity contribution in [3.8, 4) is 0 Å². The van der Waals surface area contributed by atoms with Crippen LogP contribution in [-0.2, 0) is 4.79 Å². The first kappa shape index (κ1) is 15.8. The molecular formula is C18H25N3O2. The molecule has 3 aliphatic heterocycles. The maximum atomic E-state index is 12.7. The maximum Gasteiger partial charge on any atom is 0.322 e. The fraction of sp³-hybridized carbons (Fsp3) is 0.556. The summed E-state index contributed by atoms with van der Waals surface area (Å²) in [6.07, 6.45) is 2.08. The van der Waals surface area contributed by atoms with Gasteiger partial charge in [-0.05, 0) is 55.9 Å². The van der Waals surface area contributed by atoms with Crippen LogP contribution in [0.4, 0.5) is 10.5 Å². The van der Waals surface area contributed by atoms with Gasteiger partial charge in [-0.15, -0.1) is 0 Å². The number of anilines is 1. The van der Waals surface area contributed by atoms with Crippen LogP contribution in [0.5, 0.6) is 0 Å². The molecule has 3 saturated heterocycles. The highest BCUT2D eigenvalue weighted by Crippen LogP contribution is 2.28. The van der Waals surface area contributed by atoms with E-state index in [1.54, 1.807) is 6.92 Å². The Morgan fingerprint density at radius 3 is 2.57 bits per heavy atom. The Balaban J connectivity index is 1.72.